The Hall–Kier alpha value is -2.29. The number of ether oxygens (including phenoxy) is 1. The summed E-state index contributed by atoms with van der Waals surface area (Å²) >= 11 is -0.242. The molecule has 2 unspecified atom stereocenters. The van der Waals surface area contributed by atoms with Crippen molar-refractivity contribution in [2.24, 2.45) is 5.92 Å². The van der Waals surface area contributed by atoms with Crippen molar-refractivity contribution in [2.75, 3.05) is 18.0 Å². The number of anilines is 1. The van der Waals surface area contributed by atoms with Crippen LogP contribution in [0.4, 0.5) is 5.69 Å². The summed E-state index contributed by atoms with van der Waals surface area (Å²) in [5, 5.41) is 0. The summed E-state index contributed by atoms with van der Waals surface area (Å²) in [5.41, 5.74) is 5.54. The number of rotatable bonds is 3. The van der Waals surface area contributed by atoms with Crippen LogP contribution < -0.4 is 9.64 Å². The molecule has 1 aliphatic carbocycles. The third-order valence-electron chi connectivity index (χ3n) is 6.24. The third kappa shape index (κ3) is 2.66. The summed E-state index contributed by atoms with van der Waals surface area (Å²) in [6, 6.07) is 14.7. The maximum absolute atomic E-state index is 13.1. The van der Waals surface area contributed by atoms with Crippen LogP contribution in [0.25, 0.3) is 0 Å². The van der Waals surface area contributed by atoms with Crippen molar-refractivity contribution in [3.63, 3.8) is 0 Å². The van der Waals surface area contributed by atoms with E-state index in [1.807, 2.05) is 12.1 Å². The SMILES string of the molecule is CCN(CC)c1ccc2c(c1)OC1=CCC(C)C=C1C21[Se]C(=O)c2ccccc21. The van der Waals surface area contributed by atoms with Crippen LogP contribution in [0.1, 0.15) is 48.7 Å². The topological polar surface area (TPSA) is 29.5 Å². The second-order valence-electron chi connectivity index (χ2n) is 7.93. The Labute approximate surface area is 178 Å². The van der Waals surface area contributed by atoms with Gasteiger partial charge in [0.25, 0.3) is 0 Å². The number of nitrogens with zero attached hydrogens (tertiary/aromatic N) is 1. The van der Waals surface area contributed by atoms with Crippen molar-refractivity contribution in [3.05, 3.63) is 82.6 Å². The van der Waals surface area contributed by atoms with Crippen LogP contribution in [-0.2, 0) is 4.31 Å². The fourth-order valence-corrected chi connectivity index (χ4v) is 7.74. The fraction of sp³-hybridized carbons (Fsp3) is 0.320. The Kier molecular flexibility index (Phi) is 4.45. The van der Waals surface area contributed by atoms with Gasteiger partial charge in [-0.1, -0.05) is 0 Å². The van der Waals surface area contributed by atoms with Crippen molar-refractivity contribution in [1.82, 2.24) is 0 Å². The molecule has 4 heteroatoms. The monoisotopic (exact) mass is 451 g/mol. The molecule has 0 amide bonds. The molecule has 0 N–H and O–H groups in total. The first-order valence-corrected chi connectivity index (χ1v) is 12.1. The Bertz CT molecular complexity index is 1070. The summed E-state index contributed by atoms with van der Waals surface area (Å²) < 4.78 is 6.37. The zero-order valence-corrected chi connectivity index (χ0v) is 18.8. The maximum atomic E-state index is 13.1. The van der Waals surface area contributed by atoms with E-state index in [2.05, 4.69) is 68.2 Å². The molecule has 0 bridgehead atoms. The average Bonchev–Trinajstić information content (AvgIpc) is 3.03. The van der Waals surface area contributed by atoms with Crippen molar-refractivity contribution >= 4 is 25.3 Å². The zero-order valence-electron chi connectivity index (χ0n) is 17.1. The van der Waals surface area contributed by atoms with Crippen molar-refractivity contribution in [1.29, 1.82) is 0 Å². The summed E-state index contributed by atoms with van der Waals surface area (Å²) in [6.45, 7) is 8.50. The van der Waals surface area contributed by atoms with Crippen LogP contribution in [0.3, 0.4) is 0 Å². The Morgan fingerprint density at radius 3 is 2.72 bits per heavy atom. The molecule has 0 radical (unpaired) electrons. The fourth-order valence-electron chi connectivity index (χ4n) is 4.78. The van der Waals surface area contributed by atoms with Gasteiger partial charge in [-0.25, -0.2) is 0 Å². The van der Waals surface area contributed by atoms with Gasteiger partial charge in [0.15, 0.2) is 0 Å². The van der Waals surface area contributed by atoms with Gasteiger partial charge in [-0.15, -0.1) is 0 Å². The van der Waals surface area contributed by atoms with Crippen LogP contribution in [0.5, 0.6) is 5.75 Å². The summed E-state index contributed by atoms with van der Waals surface area (Å²) in [6.07, 6.45) is 5.53. The van der Waals surface area contributed by atoms with Crippen molar-refractivity contribution in [2.45, 2.75) is 31.5 Å². The Morgan fingerprint density at radius 2 is 1.93 bits per heavy atom. The van der Waals surface area contributed by atoms with Crippen LogP contribution in [-0.4, -0.2) is 32.7 Å². The molecular weight excluding hydrogens is 425 g/mol. The van der Waals surface area contributed by atoms with Gasteiger partial charge in [0.2, 0.25) is 0 Å². The van der Waals surface area contributed by atoms with E-state index in [1.165, 1.54) is 11.3 Å². The molecule has 2 heterocycles. The predicted molar refractivity (Wildman–Crippen MR) is 118 cm³/mol. The summed E-state index contributed by atoms with van der Waals surface area (Å²) in [7, 11) is 0. The molecule has 2 aromatic rings. The molecule has 0 saturated carbocycles. The van der Waals surface area contributed by atoms with E-state index in [4.69, 9.17) is 4.74 Å². The van der Waals surface area contributed by atoms with Gasteiger partial charge in [-0.2, -0.15) is 0 Å². The average molecular weight is 450 g/mol. The van der Waals surface area contributed by atoms with Gasteiger partial charge < -0.3 is 0 Å². The minimum atomic E-state index is -0.378. The van der Waals surface area contributed by atoms with Gasteiger partial charge in [-0.05, 0) is 0 Å². The first-order valence-electron chi connectivity index (χ1n) is 10.4. The first kappa shape index (κ1) is 18.7. The Balaban J connectivity index is 1.78. The van der Waals surface area contributed by atoms with E-state index < -0.39 is 0 Å². The van der Waals surface area contributed by atoms with E-state index in [9.17, 15) is 4.79 Å². The quantitative estimate of drug-likeness (QED) is 0.625. The number of benzene rings is 2. The predicted octanol–water partition coefficient (Wildman–Crippen LogP) is 4.88. The number of hydrogen-bond acceptors (Lipinski definition) is 3. The second-order valence-corrected chi connectivity index (χ2v) is 10.4. The van der Waals surface area contributed by atoms with Gasteiger partial charge in [0.05, 0.1) is 0 Å². The van der Waals surface area contributed by atoms with E-state index >= 15 is 0 Å². The summed E-state index contributed by atoms with van der Waals surface area (Å²) in [4.78, 5) is 15.4. The van der Waals surface area contributed by atoms with Crippen LogP contribution >= 0.6 is 0 Å². The van der Waals surface area contributed by atoms with E-state index in [-0.39, 0.29) is 24.0 Å². The standard InChI is InChI=1S/C25H25NO2Se/c1-4-26(5-2)17-11-12-20-23(15-17)28-22-13-10-16(3)14-21(22)25(20)19-9-7-6-8-18(19)24(27)29-25/h6-9,11-16H,4-5,10H2,1-3H3. The van der Waals surface area contributed by atoms with Crippen molar-refractivity contribution in [3.8, 4) is 5.75 Å². The molecule has 1 spiro atoms. The normalized spacial score (nSPS) is 24.2. The molecule has 29 heavy (non-hydrogen) atoms. The zero-order chi connectivity index (χ0) is 20.2. The molecule has 148 valence electrons. The molecule has 3 nitrogen and oxygen atoms in total. The molecule has 2 atom stereocenters. The van der Waals surface area contributed by atoms with E-state index in [0.717, 1.165) is 47.7 Å². The molecule has 3 aliphatic rings. The van der Waals surface area contributed by atoms with Gasteiger partial charge in [0, 0.05) is 0 Å². The van der Waals surface area contributed by atoms with Crippen LogP contribution in [0, 0.1) is 5.92 Å². The second kappa shape index (κ2) is 6.90. The van der Waals surface area contributed by atoms with E-state index in [0.29, 0.717) is 5.92 Å². The number of fused-ring (bicyclic) bond motifs is 6. The molecular formula is C25H25NO2Se. The van der Waals surface area contributed by atoms with E-state index in [1.54, 1.807) is 0 Å². The number of carbonyl (C=O) groups excluding carboxylic acids is 1. The van der Waals surface area contributed by atoms with Crippen LogP contribution in [0.15, 0.2) is 65.9 Å². The molecule has 0 aromatic heterocycles. The molecule has 5 rings (SSSR count). The van der Waals surface area contributed by atoms with Gasteiger partial charge in [0.1, 0.15) is 0 Å². The van der Waals surface area contributed by atoms with Gasteiger partial charge >= 0.3 is 179 Å². The van der Waals surface area contributed by atoms with Crippen molar-refractivity contribution < 1.29 is 9.53 Å². The van der Waals surface area contributed by atoms with Crippen LogP contribution in [0.2, 0.25) is 0 Å². The molecule has 0 fully saturated rings. The summed E-state index contributed by atoms with van der Waals surface area (Å²) in [5.74, 6) is 2.29. The minimum absolute atomic E-state index is 0.242. The number of hydrogen-bond donors (Lipinski definition) is 0. The van der Waals surface area contributed by atoms with Gasteiger partial charge in [-0.3, -0.25) is 0 Å². The molecule has 0 saturated heterocycles. The number of carbonyl (C=O) groups is 1. The molecule has 2 aromatic carbocycles. The number of allylic oxidation sites excluding steroid dienone is 3. The third-order valence-corrected chi connectivity index (χ3v) is 9.11. The first-order chi connectivity index (χ1) is 14.1. The molecule has 2 aliphatic heterocycles. The Morgan fingerprint density at radius 1 is 1.14 bits per heavy atom.